The second-order valence-corrected chi connectivity index (χ2v) is 5.58. The maximum absolute atomic E-state index is 11.6. The first-order valence-electron chi connectivity index (χ1n) is 5.98. The average molecular weight is 267 g/mol. The molecule has 0 bridgehead atoms. The number of hydrogen-bond acceptors (Lipinski definition) is 4. The van der Waals surface area contributed by atoms with Crippen LogP contribution in [0.5, 0.6) is 0 Å². The van der Waals surface area contributed by atoms with Crippen molar-refractivity contribution in [2.45, 2.75) is 24.3 Å². The number of nitrogens with two attached hydrogens (primary N) is 1. The Hall–Kier alpha value is -1.04. The number of thioether (sulfide) groups is 1. The predicted octanol–water partition coefficient (Wildman–Crippen LogP) is 1.78. The summed E-state index contributed by atoms with van der Waals surface area (Å²) in [6.07, 6.45) is 0.290. The van der Waals surface area contributed by atoms with E-state index in [4.69, 9.17) is 5.73 Å². The third-order valence-electron chi connectivity index (χ3n) is 2.37. The topological polar surface area (TPSA) is 58.4 Å². The zero-order valence-corrected chi connectivity index (χ0v) is 12.0. The van der Waals surface area contributed by atoms with Crippen LogP contribution in [0.4, 0.5) is 0 Å². The molecule has 0 aliphatic carbocycles. The molecule has 0 spiro atoms. The van der Waals surface area contributed by atoms with Crippen LogP contribution in [0.15, 0.2) is 29.2 Å². The second-order valence-electron chi connectivity index (χ2n) is 4.24. The molecule has 0 aliphatic rings. The lowest BCUT2D eigenvalue weighted by molar-refractivity contribution is -0.125. The number of carbonyl (C=O) groups is 1. The Labute approximate surface area is 113 Å². The summed E-state index contributed by atoms with van der Waals surface area (Å²) in [5, 5.41) is 1.62. The van der Waals surface area contributed by atoms with Crippen LogP contribution in [0.1, 0.15) is 24.9 Å². The first kappa shape index (κ1) is 15.0. The largest absolute Gasteiger partial charge is 0.324 e. The van der Waals surface area contributed by atoms with E-state index in [1.165, 1.54) is 4.90 Å². The number of carbonyl (C=O) groups excluding carboxylic acids is 1. The van der Waals surface area contributed by atoms with Gasteiger partial charge in [0, 0.05) is 31.5 Å². The minimum absolute atomic E-state index is 0.0699. The van der Waals surface area contributed by atoms with Gasteiger partial charge in [0.05, 0.1) is 0 Å². The van der Waals surface area contributed by atoms with Crippen LogP contribution in [-0.4, -0.2) is 30.8 Å². The molecule has 1 unspecified atom stereocenters. The maximum Gasteiger partial charge on any atom is 0.236 e. The number of nitrogens with zero attached hydrogens (tertiary/aromatic N) is 1. The van der Waals surface area contributed by atoms with E-state index in [-0.39, 0.29) is 11.9 Å². The van der Waals surface area contributed by atoms with Crippen LogP contribution in [0.2, 0.25) is 0 Å². The molecule has 0 aliphatic heterocycles. The summed E-state index contributed by atoms with van der Waals surface area (Å²) >= 11 is 1.79. The van der Waals surface area contributed by atoms with Crippen LogP contribution in [0.3, 0.4) is 0 Å². The minimum Gasteiger partial charge on any atom is -0.324 e. The van der Waals surface area contributed by atoms with E-state index in [1.807, 2.05) is 24.3 Å². The predicted molar refractivity (Wildman–Crippen MR) is 76.2 cm³/mol. The third-order valence-corrected chi connectivity index (χ3v) is 3.27. The van der Waals surface area contributed by atoms with Gasteiger partial charge in [-0.1, -0.05) is 19.1 Å². The summed E-state index contributed by atoms with van der Waals surface area (Å²) < 4.78 is 0. The standard InChI is InChI=1S/C13H21N3OS/c1-4-18-11-7-5-10(6-8-11)12(14)9-13(17)15-16(2)3/h5-8,12H,4,9,14H2,1-3H3,(H,15,17). The molecule has 0 saturated heterocycles. The third kappa shape index (κ3) is 5.08. The number of nitrogens with one attached hydrogen (secondary N) is 1. The van der Waals surface area contributed by atoms with Crippen molar-refractivity contribution in [3.63, 3.8) is 0 Å². The zero-order chi connectivity index (χ0) is 13.5. The Balaban J connectivity index is 2.55. The molecule has 0 fully saturated rings. The van der Waals surface area contributed by atoms with Crippen molar-refractivity contribution in [3.8, 4) is 0 Å². The normalized spacial score (nSPS) is 12.5. The van der Waals surface area contributed by atoms with Gasteiger partial charge in [0.25, 0.3) is 0 Å². The van der Waals surface area contributed by atoms with Crippen LogP contribution in [-0.2, 0) is 4.79 Å². The van der Waals surface area contributed by atoms with E-state index in [0.717, 1.165) is 11.3 Å². The number of hydrazine groups is 1. The highest BCUT2D eigenvalue weighted by Gasteiger charge is 2.11. The summed E-state index contributed by atoms with van der Waals surface area (Å²) in [7, 11) is 3.56. The molecule has 3 N–H and O–H groups in total. The van der Waals surface area contributed by atoms with E-state index in [2.05, 4.69) is 12.3 Å². The summed E-state index contributed by atoms with van der Waals surface area (Å²) in [6.45, 7) is 2.12. The van der Waals surface area contributed by atoms with E-state index in [0.29, 0.717) is 6.42 Å². The highest BCUT2D eigenvalue weighted by Crippen LogP contribution is 2.21. The molecule has 18 heavy (non-hydrogen) atoms. The molecule has 4 nitrogen and oxygen atoms in total. The molecule has 0 radical (unpaired) electrons. The molecular formula is C13H21N3OS. The van der Waals surface area contributed by atoms with Crippen molar-refractivity contribution in [3.05, 3.63) is 29.8 Å². The SMILES string of the molecule is CCSc1ccc(C(N)CC(=O)NN(C)C)cc1. The average Bonchev–Trinajstić information content (AvgIpc) is 2.29. The van der Waals surface area contributed by atoms with Crippen molar-refractivity contribution in [2.24, 2.45) is 5.73 Å². The Morgan fingerprint density at radius 3 is 2.50 bits per heavy atom. The van der Waals surface area contributed by atoms with Crippen molar-refractivity contribution >= 4 is 17.7 Å². The fourth-order valence-corrected chi connectivity index (χ4v) is 2.25. The molecule has 5 heteroatoms. The monoisotopic (exact) mass is 267 g/mol. The van der Waals surface area contributed by atoms with Gasteiger partial charge >= 0.3 is 0 Å². The second kappa shape index (κ2) is 7.41. The Morgan fingerprint density at radius 2 is 2.00 bits per heavy atom. The number of hydrogen-bond donors (Lipinski definition) is 2. The molecule has 0 heterocycles. The molecular weight excluding hydrogens is 246 g/mol. The van der Waals surface area contributed by atoms with E-state index in [9.17, 15) is 4.79 Å². The molecule has 1 atom stereocenters. The smallest absolute Gasteiger partial charge is 0.236 e. The van der Waals surface area contributed by atoms with Crippen molar-refractivity contribution in [1.29, 1.82) is 0 Å². The van der Waals surface area contributed by atoms with Gasteiger partial charge in [-0.15, -0.1) is 11.8 Å². The van der Waals surface area contributed by atoms with Crippen LogP contribution in [0, 0.1) is 0 Å². The maximum atomic E-state index is 11.6. The number of benzene rings is 1. The first-order valence-corrected chi connectivity index (χ1v) is 6.96. The molecule has 1 aromatic rings. The summed E-state index contributed by atoms with van der Waals surface area (Å²) in [6, 6.07) is 7.82. The molecule has 1 rings (SSSR count). The van der Waals surface area contributed by atoms with Gasteiger partial charge in [-0.25, -0.2) is 5.01 Å². The van der Waals surface area contributed by atoms with Crippen molar-refractivity contribution in [1.82, 2.24) is 10.4 Å². The quantitative estimate of drug-likeness (QED) is 0.609. The van der Waals surface area contributed by atoms with Crippen LogP contribution in [0.25, 0.3) is 0 Å². The molecule has 1 aromatic carbocycles. The highest BCUT2D eigenvalue weighted by molar-refractivity contribution is 7.99. The molecule has 1 amide bonds. The summed E-state index contributed by atoms with van der Waals surface area (Å²) in [4.78, 5) is 12.8. The van der Waals surface area contributed by atoms with Gasteiger partial charge < -0.3 is 5.73 Å². The van der Waals surface area contributed by atoms with Crippen LogP contribution >= 0.6 is 11.8 Å². The van der Waals surface area contributed by atoms with E-state index >= 15 is 0 Å². The van der Waals surface area contributed by atoms with Crippen molar-refractivity contribution in [2.75, 3.05) is 19.8 Å². The fourth-order valence-electron chi connectivity index (χ4n) is 1.59. The number of rotatable bonds is 6. The molecule has 100 valence electrons. The van der Waals surface area contributed by atoms with Gasteiger partial charge in [0.15, 0.2) is 0 Å². The molecule has 0 saturated carbocycles. The van der Waals surface area contributed by atoms with Crippen LogP contribution < -0.4 is 11.2 Å². The zero-order valence-electron chi connectivity index (χ0n) is 11.1. The number of amides is 1. The lowest BCUT2D eigenvalue weighted by atomic mass is 10.0. The Kier molecular flexibility index (Phi) is 6.18. The molecule has 0 aromatic heterocycles. The first-order chi connectivity index (χ1) is 8.52. The highest BCUT2D eigenvalue weighted by atomic mass is 32.2. The lowest BCUT2D eigenvalue weighted by Gasteiger charge is -2.15. The van der Waals surface area contributed by atoms with Gasteiger partial charge in [0.1, 0.15) is 0 Å². The van der Waals surface area contributed by atoms with Gasteiger partial charge in [0.2, 0.25) is 5.91 Å². The summed E-state index contributed by atoms with van der Waals surface area (Å²) in [5.74, 6) is 0.982. The van der Waals surface area contributed by atoms with E-state index in [1.54, 1.807) is 30.9 Å². The fraction of sp³-hybridized carbons (Fsp3) is 0.462. The van der Waals surface area contributed by atoms with Gasteiger partial charge in [-0.05, 0) is 23.4 Å². The van der Waals surface area contributed by atoms with Gasteiger partial charge in [-0.3, -0.25) is 10.2 Å². The van der Waals surface area contributed by atoms with Crippen molar-refractivity contribution < 1.29 is 4.79 Å². The lowest BCUT2D eigenvalue weighted by Crippen LogP contribution is -2.37. The van der Waals surface area contributed by atoms with E-state index < -0.39 is 0 Å². The Morgan fingerprint density at radius 1 is 1.39 bits per heavy atom. The summed E-state index contributed by atoms with van der Waals surface area (Å²) in [5.41, 5.74) is 9.69. The van der Waals surface area contributed by atoms with Gasteiger partial charge in [-0.2, -0.15) is 0 Å². The minimum atomic E-state index is -0.259. The Bertz CT molecular complexity index is 378.